The smallest absolute Gasteiger partial charge is 0.0640 e. The molecule has 0 saturated heterocycles. The van der Waals surface area contributed by atoms with Crippen molar-refractivity contribution >= 4 is 59.3 Å². The van der Waals surface area contributed by atoms with E-state index in [1.807, 2.05) is 11.3 Å². The van der Waals surface area contributed by atoms with Gasteiger partial charge in [-0.1, -0.05) is 121 Å². The first-order valence-electron chi connectivity index (χ1n) is 14.3. The third-order valence-corrected chi connectivity index (χ3v) is 9.25. The number of hydrogen-bond donors (Lipinski definition) is 0. The average Bonchev–Trinajstić information content (AvgIpc) is 3.45. The van der Waals surface area contributed by atoms with Gasteiger partial charge in [0.1, 0.15) is 0 Å². The van der Waals surface area contributed by atoms with E-state index in [1.165, 1.54) is 58.9 Å². The van der Waals surface area contributed by atoms with Crippen LogP contribution < -0.4 is 4.90 Å². The van der Waals surface area contributed by atoms with Gasteiger partial charge in [-0.3, -0.25) is 0 Å². The summed E-state index contributed by atoms with van der Waals surface area (Å²) in [4.78, 5) is 2.41. The van der Waals surface area contributed by atoms with Crippen LogP contribution in [0, 0.1) is 0 Å². The first kappa shape index (κ1) is 24.6. The highest BCUT2D eigenvalue weighted by Crippen LogP contribution is 2.45. The van der Waals surface area contributed by atoms with Crippen molar-refractivity contribution in [3.8, 4) is 22.3 Å². The van der Waals surface area contributed by atoms with Crippen LogP contribution in [0.1, 0.15) is 0 Å². The maximum atomic E-state index is 2.41. The second kappa shape index (κ2) is 10.3. The van der Waals surface area contributed by atoms with Gasteiger partial charge in [0.2, 0.25) is 0 Å². The molecule has 0 spiro atoms. The Balaban J connectivity index is 1.31. The maximum Gasteiger partial charge on any atom is 0.0640 e. The highest BCUT2D eigenvalue weighted by atomic mass is 32.1. The average molecular weight is 554 g/mol. The minimum Gasteiger partial charge on any atom is -0.309 e. The van der Waals surface area contributed by atoms with Crippen LogP contribution in [-0.2, 0) is 0 Å². The summed E-state index contributed by atoms with van der Waals surface area (Å²) < 4.78 is 2.60. The van der Waals surface area contributed by atoms with Crippen LogP contribution in [0.25, 0.3) is 53.2 Å². The molecule has 42 heavy (non-hydrogen) atoms. The number of nitrogens with zero attached hydrogens (tertiary/aromatic N) is 1. The fraction of sp³-hybridized carbons (Fsp3) is 0. The third kappa shape index (κ3) is 4.34. The van der Waals surface area contributed by atoms with Crippen LogP contribution in [0.2, 0.25) is 0 Å². The molecule has 0 aliphatic rings. The number of fused-ring (bicyclic) bond motifs is 4. The summed E-state index contributed by atoms with van der Waals surface area (Å²) in [7, 11) is 0. The topological polar surface area (TPSA) is 3.24 Å². The van der Waals surface area contributed by atoms with E-state index in [9.17, 15) is 0 Å². The van der Waals surface area contributed by atoms with Crippen LogP contribution in [0.15, 0.2) is 164 Å². The first-order chi connectivity index (χ1) is 20.8. The van der Waals surface area contributed by atoms with Gasteiger partial charge in [0, 0.05) is 26.8 Å². The summed E-state index contributed by atoms with van der Waals surface area (Å²) in [5.41, 5.74) is 8.32. The van der Waals surface area contributed by atoms with E-state index in [-0.39, 0.29) is 0 Å². The molecule has 0 aliphatic heterocycles. The molecule has 1 nitrogen and oxygen atoms in total. The molecular formula is C40H27NS. The first-order valence-corrected chi connectivity index (χ1v) is 15.1. The lowest BCUT2D eigenvalue weighted by atomic mass is 10.00. The fourth-order valence-electron chi connectivity index (χ4n) is 5.96. The summed E-state index contributed by atoms with van der Waals surface area (Å²) in [6.45, 7) is 0. The van der Waals surface area contributed by atoms with Gasteiger partial charge in [-0.25, -0.2) is 0 Å². The van der Waals surface area contributed by atoms with Gasteiger partial charge in [-0.2, -0.15) is 0 Å². The molecule has 1 heterocycles. The van der Waals surface area contributed by atoms with Crippen molar-refractivity contribution in [1.29, 1.82) is 0 Å². The van der Waals surface area contributed by atoms with Crippen LogP contribution in [0.5, 0.6) is 0 Å². The van der Waals surface area contributed by atoms with Gasteiger partial charge in [-0.15, -0.1) is 11.3 Å². The Morgan fingerprint density at radius 1 is 0.381 bits per heavy atom. The largest absolute Gasteiger partial charge is 0.309 e. The molecule has 0 amide bonds. The van der Waals surface area contributed by atoms with Crippen LogP contribution in [0.4, 0.5) is 17.1 Å². The predicted octanol–water partition coefficient (Wildman–Crippen LogP) is 12.0. The van der Waals surface area contributed by atoms with E-state index < -0.39 is 0 Å². The predicted molar refractivity (Wildman–Crippen MR) is 182 cm³/mol. The molecular weight excluding hydrogens is 527 g/mol. The minimum atomic E-state index is 1.13. The molecule has 2 heteroatoms. The number of anilines is 3. The van der Waals surface area contributed by atoms with Crippen molar-refractivity contribution in [2.45, 2.75) is 0 Å². The van der Waals surface area contributed by atoms with E-state index in [4.69, 9.17) is 0 Å². The quantitative estimate of drug-likeness (QED) is 0.205. The lowest BCUT2D eigenvalue weighted by Gasteiger charge is -2.27. The van der Waals surface area contributed by atoms with Gasteiger partial charge in [0.25, 0.3) is 0 Å². The van der Waals surface area contributed by atoms with Crippen molar-refractivity contribution in [2.75, 3.05) is 4.90 Å². The lowest BCUT2D eigenvalue weighted by Crippen LogP contribution is -2.10. The Bertz CT molecular complexity index is 2190. The molecule has 0 atom stereocenters. The molecule has 0 N–H and O–H groups in total. The summed E-state index contributed by atoms with van der Waals surface area (Å²) >= 11 is 1.87. The standard InChI is InChI=1S/C40H27NS/c1-2-10-28(11-3-1)30-22-24-34(25-23-30)41(38-18-9-17-37-36-16-6-7-19-39(36)42-40(37)38)35-15-8-14-32(27-35)33-21-20-29-12-4-5-13-31(29)26-33/h1-27H. The van der Waals surface area contributed by atoms with E-state index in [0.717, 1.165) is 11.4 Å². The highest BCUT2D eigenvalue weighted by Gasteiger charge is 2.18. The molecule has 0 aliphatic carbocycles. The zero-order valence-corrected chi connectivity index (χ0v) is 23.8. The van der Waals surface area contributed by atoms with Crippen molar-refractivity contribution in [3.63, 3.8) is 0 Å². The maximum absolute atomic E-state index is 2.41. The third-order valence-electron chi connectivity index (χ3n) is 8.04. The minimum absolute atomic E-state index is 1.13. The zero-order valence-electron chi connectivity index (χ0n) is 22.9. The molecule has 8 rings (SSSR count). The molecule has 0 saturated carbocycles. The monoisotopic (exact) mass is 553 g/mol. The fourth-order valence-corrected chi connectivity index (χ4v) is 7.17. The van der Waals surface area contributed by atoms with E-state index >= 15 is 0 Å². The highest BCUT2D eigenvalue weighted by molar-refractivity contribution is 7.26. The Morgan fingerprint density at radius 3 is 1.90 bits per heavy atom. The van der Waals surface area contributed by atoms with Gasteiger partial charge in [-0.05, 0) is 75.5 Å². The molecule has 0 fully saturated rings. The molecule has 0 unspecified atom stereocenters. The van der Waals surface area contributed by atoms with Gasteiger partial charge in [0.15, 0.2) is 0 Å². The molecule has 0 radical (unpaired) electrons. The Labute approximate surface area is 249 Å². The summed E-state index contributed by atoms with van der Waals surface area (Å²) in [6.07, 6.45) is 0. The Hall–Kier alpha value is -5.18. The van der Waals surface area contributed by atoms with Gasteiger partial charge in [0.05, 0.1) is 10.4 Å². The molecule has 8 aromatic rings. The van der Waals surface area contributed by atoms with Crippen molar-refractivity contribution in [3.05, 3.63) is 164 Å². The Kier molecular flexibility index (Phi) is 6.05. The van der Waals surface area contributed by atoms with Gasteiger partial charge >= 0.3 is 0 Å². The van der Waals surface area contributed by atoms with Crippen molar-refractivity contribution in [1.82, 2.24) is 0 Å². The van der Waals surface area contributed by atoms with Crippen molar-refractivity contribution < 1.29 is 0 Å². The second-order valence-electron chi connectivity index (χ2n) is 10.6. The summed E-state index contributed by atoms with van der Waals surface area (Å²) in [5.74, 6) is 0. The molecule has 198 valence electrons. The van der Waals surface area contributed by atoms with Crippen LogP contribution >= 0.6 is 11.3 Å². The van der Waals surface area contributed by atoms with Crippen LogP contribution in [-0.4, -0.2) is 0 Å². The lowest BCUT2D eigenvalue weighted by molar-refractivity contribution is 1.30. The van der Waals surface area contributed by atoms with Crippen molar-refractivity contribution in [2.24, 2.45) is 0 Å². The summed E-state index contributed by atoms with van der Waals surface area (Å²) in [5, 5.41) is 5.12. The zero-order chi connectivity index (χ0) is 27.9. The number of thiophene rings is 1. The van der Waals surface area contributed by atoms with Gasteiger partial charge < -0.3 is 4.90 Å². The molecule has 0 bridgehead atoms. The SMILES string of the molecule is c1ccc(-c2ccc(N(c3cccc(-c4ccc5ccccc5c4)c3)c3cccc4c3sc3ccccc34)cc2)cc1. The normalized spacial score (nSPS) is 11.3. The van der Waals surface area contributed by atoms with E-state index in [2.05, 4.69) is 169 Å². The molecule has 1 aromatic heterocycles. The van der Waals surface area contributed by atoms with E-state index in [0.29, 0.717) is 0 Å². The number of rotatable bonds is 5. The van der Waals surface area contributed by atoms with E-state index in [1.54, 1.807) is 0 Å². The Morgan fingerprint density at radius 2 is 1.02 bits per heavy atom. The van der Waals surface area contributed by atoms with Crippen LogP contribution in [0.3, 0.4) is 0 Å². The number of benzene rings is 7. The second-order valence-corrected chi connectivity index (χ2v) is 11.7. The molecule has 7 aromatic carbocycles. The summed E-state index contributed by atoms with van der Waals surface area (Å²) in [6, 6.07) is 59.2. The number of hydrogen-bond acceptors (Lipinski definition) is 2.